The van der Waals surface area contributed by atoms with Crippen molar-refractivity contribution in [2.24, 2.45) is 0 Å². The van der Waals surface area contributed by atoms with Crippen molar-refractivity contribution in [2.45, 2.75) is 57.8 Å². The van der Waals surface area contributed by atoms with E-state index in [9.17, 15) is 0 Å². The van der Waals surface area contributed by atoms with Gasteiger partial charge in [0.15, 0.2) is 0 Å². The van der Waals surface area contributed by atoms with E-state index in [2.05, 4.69) is 90.5 Å². The molecule has 21 heavy (non-hydrogen) atoms. The summed E-state index contributed by atoms with van der Waals surface area (Å²) in [5, 5.41) is 0. The van der Waals surface area contributed by atoms with Crippen LogP contribution >= 0.6 is 22.6 Å². The molecule has 0 N–H and O–H groups in total. The molecular weight excluding hydrogens is 383 g/mol. The van der Waals surface area contributed by atoms with E-state index >= 15 is 0 Å². The lowest BCUT2D eigenvalue weighted by atomic mass is 10.1. The van der Waals surface area contributed by atoms with Gasteiger partial charge in [-0.2, -0.15) is 0 Å². The summed E-state index contributed by atoms with van der Waals surface area (Å²) in [6, 6.07) is 9.86. The number of hydrogen-bond acceptors (Lipinski definition) is 0. The van der Waals surface area contributed by atoms with Gasteiger partial charge in [0, 0.05) is 24.5 Å². The minimum absolute atomic E-state index is 0.896. The molecule has 0 fully saturated rings. The predicted molar refractivity (Wildman–Crippen MR) is 106 cm³/mol. The molecule has 114 valence electrons. The van der Waals surface area contributed by atoms with Crippen LogP contribution in [-0.4, -0.2) is 8.07 Å². The van der Waals surface area contributed by atoms with Crippen LogP contribution in [0.5, 0.6) is 0 Å². The molecule has 0 unspecified atom stereocenters. The summed E-state index contributed by atoms with van der Waals surface area (Å²) in [5.41, 5.74) is 1.42. The number of rotatable bonds is 7. The molecule has 1 rings (SSSR count). The van der Waals surface area contributed by atoms with Crippen LogP contribution in [0, 0.1) is 15.4 Å². The summed E-state index contributed by atoms with van der Waals surface area (Å²) in [5.74, 6) is 6.61. The largest absolute Gasteiger partial charge is 0.103 e. The maximum absolute atomic E-state index is 3.31. The Morgan fingerprint density at radius 3 is 2.48 bits per heavy atom. The molecule has 0 nitrogen and oxygen atoms in total. The summed E-state index contributed by atoms with van der Waals surface area (Å²) in [7, 11) is -0.896. The van der Waals surface area contributed by atoms with Crippen LogP contribution in [-0.2, 0) is 6.42 Å². The van der Waals surface area contributed by atoms with Gasteiger partial charge < -0.3 is 0 Å². The highest BCUT2D eigenvalue weighted by atomic mass is 127. The minimum Gasteiger partial charge on any atom is -0.103 e. The number of hydrogen-bond donors (Lipinski definition) is 0. The smallest absolute Gasteiger partial charge is 0.0480 e. The Morgan fingerprint density at radius 2 is 1.76 bits per heavy atom. The lowest BCUT2D eigenvalue weighted by molar-refractivity contribution is 0.881. The van der Waals surface area contributed by atoms with Gasteiger partial charge in [-0.1, -0.05) is 50.0 Å². The van der Waals surface area contributed by atoms with E-state index in [0.29, 0.717) is 0 Å². The van der Waals surface area contributed by atoms with Crippen LogP contribution in [0.4, 0.5) is 0 Å². The molecule has 0 saturated heterocycles. The van der Waals surface area contributed by atoms with Crippen molar-refractivity contribution in [2.75, 3.05) is 0 Å². The van der Waals surface area contributed by atoms with Gasteiger partial charge in [-0.05, 0) is 59.5 Å². The average molecular weight is 410 g/mol. The second-order valence-electron chi connectivity index (χ2n) is 6.57. The zero-order chi connectivity index (χ0) is 15.6. The predicted octanol–water partition coefficient (Wildman–Crippen LogP) is 6.29. The highest BCUT2D eigenvalue weighted by Gasteiger charge is 2.08. The minimum atomic E-state index is -0.896. The van der Waals surface area contributed by atoms with Gasteiger partial charge in [0.2, 0.25) is 0 Å². The molecule has 0 spiro atoms. The van der Waals surface area contributed by atoms with Crippen molar-refractivity contribution in [3.63, 3.8) is 0 Å². The Hall–Kier alpha value is -0.533. The molecule has 0 aliphatic carbocycles. The highest BCUT2D eigenvalue weighted by Crippen LogP contribution is 2.13. The number of halogens is 1. The molecule has 0 bridgehead atoms. The molecule has 1 aromatic rings. The molecular formula is C19H27ISi. The van der Waals surface area contributed by atoms with Gasteiger partial charge in [0.1, 0.15) is 0 Å². The SMILES string of the molecule is C[Si](C)(C)C/C=C\CCCC#CCCc1ccccc1I. The van der Waals surface area contributed by atoms with E-state index < -0.39 is 8.07 Å². The van der Waals surface area contributed by atoms with Gasteiger partial charge in [0.05, 0.1) is 0 Å². The van der Waals surface area contributed by atoms with Gasteiger partial charge in [-0.15, -0.1) is 11.8 Å². The van der Waals surface area contributed by atoms with Crippen LogP contribution in [0.3, 0.4) is 0 Å². The van der Waals surface area contributed by atoms with E-state index in [-0.39, 0.29) is 0 Å². The summed E-state index contributed by atoms with van der Waals surface area (Å²) >= 11 is 2.40. The molecule has 0 amide bonds. The number of allylic oxidation sites excluding steroid dienone is 2. The third kappa shape index (κ3) is 9.92. The van der Waals surface area contributed by atoms with Crippen LogP contribution in [0.1, 0.15) is 31.2 Å². The van der Waals surface area contributed by atoms with E-state index in [1.54, 1.807) is 0 Å². The standard InChI is InChI=1S/C19H27ISi/c1-21(2,3)17-13-9-7-5-4-6-8-10-14-18-15-11-12-16-19(18)20/h9,11-13,15-16H,4-5,7,10,14,17H2,1-3H3/b13-9-. The van der Waals surface area contributed by atoms with Crippen molar-refractivity contribution < 1.29 is 0 Å². The highest BCUT2D eigenvalue weighted by molar-refractivity contribution is 14.1. The Morgan fingerprint density at radius 1 is 1.05 bits per heavy atom. The first kappa shape index (κ1) is 18.5. The second kappa shape index (κ2) is 10.2. The van der Waals surface area contributed by atoms with Crippen molar-refractivity contribution in [1.82, 2.24) is 0 Å². The Bertz CT molecular complexity index is 500. The third-order valence-corrected chi connectivity index (χ3v) is 5.68. The molecule has 0 atom stereocenters. The monoisotopic (exact) mass is 410 g/mol. The maximum atomic E-state index is 3.31. The first-order valence-corrected chi connectivity index (χ1v) is 12.6. The van der Waals surface area contributed by atoms with Gasteiger partial charge >= 0.3 is 0 Å². The molecule has 0 heterocycles. The Balaban J connectivity index is 2.10. The maximum Gasteiger partial charge on any atom is 0.0480 e. The zero-order valence-electron chi connectivity index (χ0n) is 13.6. The van der Waals surface area contributed by atoms with Crippen molar-refractivity contribution in [3.05, 3.63) is 45.6 Å². The molecule has 0 aromatic heterocycles. The molecule has 0 aliphatic heterocycles. The molecule has 0 saturated carbocycles. The zero-order valence-corrected chi connectivity index (χ0v) is 16.7. The number of aryl methyl sites for hydroxylation is 1. The lowest BCUT2D eigenvalue weighted by Crippen LogP contribution is -2.17. The average Bonchev–Trinajstić information content (AvgIpc) is 2.41. The summed E-state index contributed by atoms with van der Waals surface area (Å²) in [6.07, 6.45) is 10.2. The quantitative estimate of drug-likeness (QED) is 0.163. The van der Waals surface area contributed by atoms with Crippen LogP contribution < -0.4 is 0 Å². The van der Waals surface area contributed by atoms with E-state index in [0.717, 1.165) is 19.3 Å². The van der Waals surface area contributed by atoms with Crippen LogP contribution in [0.2, 0.25) is 25.7 Å². The van der Waals surface area contributed by atoms with Gasteiger partial charge in [0.25, 0.3) is 0 Å². The topological polar surface area (TPSA) is 0 Å². The fourth-order valence-electron chi connectivity index (χ4n) is 1.94. The second-order valence-corrected chi connectivity index (χ2v) is 13.3. The third-order valence-electron chi connectivity index (χ3n) is 3.17. The summed E-state index contributed by atoms with van der Waals surface area (Å²) < 4.78 is 1.35. The van der Waals surface area contributed by atoms with Crippen LogP contribution in [0.15, 0.2) is 36.4 Å². The first-order chi connectivity index (χ1) is 9.99. The fourth-order valence-corrected chi connectivity index (χ4v) is 3.47. The Kier molecular flexibility index (Phi) is 9.03. The van der Waals surface area contributed by atoms with E-state index in [1.807, 2.05) is 0 Å². The van der Waals surface area contributed by atoms with Gasteiger partial charge in [-0.25, -0.2) is 0 Å². The molecule has 0 aliphatic rings. The fraction of sp³-hybridized carbons (Fsp3) is 0.474. The molecule has 2 heteroatoms. The summed E-state index contributed by atoms with van der Waals surface area (Å²) in [6.45, 7) is 7.24. The lowest BCUT2D eigenvalue weighted by Gasteiger charge is -2.11. The molecule has 0 radical (unpaired) electrons. The normalized spacial score (nSPS) is 11.4. The number of benzene rings is 1. The Labute approximate surface area is 145 Å². The summed E-state index contributed by atoms with van der Waals surface area (Å²) in [4.78, 5) is 0. The van der Waals surface area contributed by atoms with Crippen molar-refractivity contribution in [3.8, 4) is 11.8 Å². The van der Waals surface area contributed by atoms with Crippen molar-refractivity contribution in [1.29, 1.82) is 0 Å². The van der Waals surface area contributed by atoms with Crippen LogP contribution in [0.25, 0.3) is 0 Å². The van der Waals surface area contributed by atoms with E-state index in [1.165, 1.54) is 28.0 Å². The first-order valence-electron chi connectivity index (χ1n) is 7.83. The van der Waals surface area contributed by atoms with Crippen molar-refractivity contribution >= 4 is 30.7 Å². The van der Waals surface area contributed by atoms with Gasteiger partial charge in [-0.3, -0.25) is 0 Å². The molecule has 1 aromatic carbocycles. The number of unbranched alkanes of at least 4 members (excludes halogenated alkanes) is 2. The van der Waals surface area contributed by atoms with E-state index in [4.69, 9.17) is 0 Å².